The van der Waals surface area contributed by atoms with Gasteiger partial charge in [-0.25, -0.2) is 9.59 Å². The minimum Gasteiger partial charge on any atom is -0.493 e. The lowest BCUT2D eigenvalue weighted by Crippen LogP contribution is -2.08. The van der Waals surface area contributed by atoms with E-state index in [4.69, 9.17) is 19.2 Å². The summed E-state index contributed by atoms with van der Waals surface area (Å²) in [6.45, 7) is 0. The molecule has 0 aliphatic heterocycles. The third kappa shape index (κ3) is 3.81. The lowest BCUT2D eigenvalue weighted by molar-refractivity contribution is -0.135. The molecule has 0 radical (unpaired) electrons. The quantitative estimate of drug-likeness (QED) is 0.360. The zero-order chi connectivity index (χ0) is 17.5. The van der Waals surface area contributed by atoms with Crippen LogP contribution in [0.2, 0.25) is 0 Å². The summed E-state index contributed by atoms with van der Waals surface area (Å²) in [7, 11) is 2.59. The highest BCUT2D eigenvalue weighted by atomic mass is 16.6. The van der Waals surface area contributed by atoms with Crippen LogP contribution in [-0.4, -0.2) is 26.2 Å². The Kier molecular flexibility index (Phi) is 5.36. The van der Waals surface area contributed by atoms with Crippen molar-refractivity contribution in [3.8, 4) is 17.6 Å². The van der Waals surface area contributed by atoms with Gasteiger partial charge in [-0.1, -0.05) is 6.07 Å². The summed E-state index contributed by atoms with van der Waals surface area (Å²) in [5.74, 6) is -0.935. The minimum absolute atomic E-state index is 0.0542. The molecule has 2 aromatic rings. The van der Waals surface area contributed by atoms with Crippen molar-refractivity contribution in [1.29, 1.82) is 5.26 Å². The van der Waals surface area contributed by atoms with E-state index in [0.29, 0.717) is 5.56 Å². The number of esters is 2. The van der Waals surface area contributed by atoms with Crippen LogP contribution in [-0.2, 0) is 9.53 Å². The Morgan fingerprint density at radius 3 is 2.58 bits per heavy atom. The maximum atomic E-state index is 11.9. The fraction of sp³-hybridized carbons (Fsp3) is 0.118. The number of methoxy groups -OCH3 is 2. The molecule has 0 aliphatic rings. The molecule has 24 heavy (non-hydrogen) atoms. The van der Waals surface area contributed by atoms with Crippen LogP contribution in [0, 0.1) is 11.3 Å². The van der Waals surface area contributed by atoms with Crippen molar-refractivity contribution >= 4 is 18.0 Å². The topological polar surface area (TPSA) is 98.8 Å². The smallest absolute Gasteiger partial charge is 0.379 e. The normalized spacial score (nSPS) is 10.6. The van der Waals surface area contributed by atoms with Crippen molar-refractivity contribution in [2.45, 2.75) is 0 Å². The van der Waals surface area contributed by atoms with Gasteiger partial charge in [-0.05, 0) is 35.9 Å². The van der Waals surface area contributed by atoms with Crippen LogP contribution in [0.15, 0.2) is 46.6 Å². The Balaban J connectivity index is 2.28. The van der Waals surface area contributed by atoms with Gasteiger partial charge in [0.2, 0.25) is 5.76 Å². The number of nitrogens with zero attached hydrogens (tertiary/aromatic N) is 1. The molecule has 1 aromatic heterocycles. The number of benzene rings is 1. The lowest BCUT2D eigenvalue weighted by atomic mass is 10.1. The molecule has 0 unspecified atom stereocenters. The fourth-order valence-corrected chi connectivity index (χ4v) is 1.82. The number of nitriles is 1. The van der Waals surface area contributed by atoms with Crippen LogP contribution >= 0.6 is 0 Å². The van der Waals surface area contributed by atoms with Gasteiger partial charge in [0, 0.05) is 0 Å². The first-order valence-electron chi connectivity index (χ1n) is 6.73. The number of ether oxygens (including phenoxy) is 3. The minimum atomic E-state index is -0.746. The fourth-order valence-electron chi connectivity index (χ4n) is 1.82. The van der Waals surface area contributed by atoms with E-state index in [1.54, 1.807) is 18.2 Å². The summed E-state index contributed by atoms with van der Waals surface area (Å²) < 4.78 is 19.8. The van der Waals surface area contributed by atoms with Crippen LogP contribution < -0.4 is 9.47 Å². The van der Waals surface area contributed by atoms with Gasteiger partial charge in [-0.15, -0.1) is 0 Å². The molecule has 0 spiro atoms. The van der Waals surface area contributed by atoms with Crippen molar-refractivity contribution in [3.05, 3.63) is 53.5 Å². The summed E-state index contributed by atoms with van der Waals surface area (Å²) in [5, 5.41) is 8.96. The van der Waals surface area contributed by atoms with Gasteiger partial charge in [0.1, 0.15) is 11.6 Å². The SMILES string of the molecule is COC(=O)C(C#N)=Cc1ccc(OC(=O)c2ccco2)c(OC)c1. The van der Waals surface area contributed by atoms with Gasteiger partial charge < -0.3 is 18.6 Å². The Labute approximate surface area is 137 Å². The second-order valence-corrected chi connectivity index (χ2v) is 4.44. The largest absolute Gasteiger partial charge is 0.493 e. The molecule has 0 saturated heterocycles. The Morgan fingerprint density at radius 1 is 1.21 bits per heavy atom. The lowest BCUT2D eigenvalue weighted by Gasteiger charge is -2.09. The maximum absolute atomic E-state index is 11.9. The predicted octanol–water partition coefficient (Wildman–Crippen LogP) is 2.59. The highest BCUT2D eigenvalue weighted by Gasteiger charge is 2.15. The van der Waals surface area contributed by atoms with Crippen molar-refractivity contribution in [2.75, 3.05) is 14.2 Å². The summed E-state index contributed by atoms with van der Waals surface area (Å²) >= 11 is 0. The van der Waals surface area contributed by atoms with E-state index in [9.17, 15) is 9.59 Å². The van der Waals surface area contributed by atoms with Gasteiger partial charge >= 0.3 is 11.9 Å². The molecular formula is C17H13NO6. The Bertz CT molecular complexity index is 814. The van der Waals surface area contributed by atoms with E-state index in [1.807, 2.05) is 0 Å². The molecular weight excluding hydrogens is 314 g/mol. The Morgan fingerprint density at radius 2 is 2.00 bits per heavy atom. The zero-order valence-corrected chi connectivity index (χ0v) is 12.9. The number of hydrogen-bond donors (Lipinski definition) is 0. The number of carbonyl (C=O) groups is 2. The molecule has 7 nitrogen and oxygen atoms in total. The van der Waals surface area contributed by atoms with Crippen molar-refractivity contribution < 1.29 is 28.2 Å². The highest BCUT2D eigenvalue weighted by molar-refractivity contribution is 5.97. The molecule has 7 heteroatoms. The van der Waals surface area contributed by atoms with Gasteiger partial charge in [-0.2, -0.15) is 5.26 Å². The van der Waals surface area contributed by atoms with Crippen molar-refractivity contribution in [3.63, 3.8) is 0 Å². The average Bonchev–Trinajstić information content (AvgIpc) is 3.14. The standard InChI is InChI=1S/C17H13NO6/c1-21-15-9-11(8-12(10-18)16(19)22-2)5-6-13(15)24-17(20)14-4-3-7-23-14/h3-9H,1-2H3. The van der Waals surface area contributed by atoms with E-state index < -0.39 is 11.9 Å². The average molecular weight is 327 g/mol. The monoisotopic (exact) mass is 327 g/mol. The third-order valence-corrected chi connectivity index (χ3v) is 2.95. The molecule has 1 aromatic carbocycles. The summed E-state index contributed by atoms with van der Waals surface area (Å²) in [5.41, 5.74) is 0.339. The number of carbonyl (C=O) groups excluding carboxylic acids is 2. The Hall–Kier alpha value is -3.53. The van der Waals surface area contributed by atoms with E-state index in [2.05, 4.69) is 4.74 Å². The summed E-state index contributed by atoms with van der Waals surface area (Å²) in [6.07, 6.45) is 2.70. The molecule has 0 aliphatic carbocycles. The van der Waals surface area contributed by atoms with Crippen LogP contribution in [0.4, 0.5) is 0 Å². The van der Waals surface area contributed by atoms with Crippen molar-refractivity contribution in [1.82, 2.24) is 0 Å². The number of rotatable bonds is 5. The van der Waals surface area contributed by atoms with Crippen LogP contribution in [0.25, 0.3) is 6.08 Å². The molecule has 0 N–H and O–H groups in total. The first kappa shape index (κ1) is 16.8. The molecule has 0 bridgehead atoms. The second kappa shape index (κ2) is 7.65. The molecule has 0 amide bonds. The van der Waals surface area contributed by atoms with Gasteiger partial charge in [0.15, 0.2) is 11.5 Å². The maximum Gasteiger partial charge on any atom is 0.379 e. The number of hydrogen-bond acceptors (Lipinski definition) is 7. The third-order valence-electron chi connectivity index (χ3n) is 2.95. The van der Waals surface area contributed by atoms with Crippen molar-refractivity contribution in [2.24, 2.45) is 0 Å². The van der Waals surface area contributed by atoms with Gasteiger partial charge in [0.25, 0.3) is 0 Å². The van der Waals surface area contributed by atoms with Gasteiger partial charge in [-0.3, -0.25) is 0 Å². The molecule has 122 valence electrons. The second-order valence-electron chi connectivity index (χ2n) is 4.44. The van der Waals surface area contributed by atoms with E-state index in [1.165, 1.54) is 44.8 Å². The van der Waals surface area contributed by atoms with E-state index in [0.717, 1.165) is 0 Å². The zero-order valence-electron chi connectivity index (χ0n) is 12.9. The highest BCUT2D eigenvalue weighted by Crippen LogP contribution is 2.29. The van der Waals surface area contributed by atoms with Crippen LogP contribution in [0.1, 0.15) is 16.1 Å². The molecule has 0 saturated carbocycles. The molecule has 2 rings (SSSR count). The number of furan rings is 1. The van der Waals surface area contributed by atoms with Crippen LogP contribution in [0.3, 0.4) is 0 Å². The first-order valence-corrected chi connectivity index (χ1v) is 6.73. The van der Waals surface area contributed by atoms with E-state index >= 15 is 0 Å². The summed E-state index contributed by atoms with van der Waals surface area (Å²) in [6, 6.07) is 9.36. The van der Waals surface area contributed by atoms with Gasteiger partial charge in [0.05, 0.1) is 20.5 Å². The molecule has 0 fully saturated rings. The predicted molar refractivity (Wildman–Crippen MR) is 82.3 cm³/mol. The van der Waals surface area contributed by atoms with E-state index in [-0.39, 0.29) is 22.8 Å². The first-order chi connectivity index (χ1) is 11.6. The molecule has 1 heterocycles. The molecule has 0 atom stereocenters. The van der Waals surface area contributed by atoms with Crippen LogP contribution in [0.5, 0.6) is 11.5 Å². The summed E-state index contributed by atoms with van der Waals surface area (Å²) in [4.78, 5) is 23.3.